The first-order valence-electron chi connectivity index (χ1n) is 36.4. The van der Waals surface area contributed by atoms with E-state index in [1.807, 2.05) is 41.5 Å². The van der Waals surface area contributed by atoms with Crippen LogP contribution in [0.5, 0.6) is 0 Å². The second-order valence-electron chi connectivity index (χ2n) is 34.9. The van der Waals surface area contributed by atoms with E-state index >= 15 is 17.6 Å². The number of ether oxygens (including phenoxy) is 7. The van der Waals surface area contributed by atoms with Gasteiger partial charge in [0.15, 0.2) is 80.1 Å². The van der Waals surface area contributed by atoms with Crippen molar-refractivity contribution in [2.75, 3.05) is 19.8 Å². The molecule has 0 aromatic heterocycles. The molecule has 2 saturated heterocycles. The third-order valence-corrected chi connectivity index (χ3v) is 28.0. The van der Waals surface area contributed by atoms with E-state index in [9.17, 15) is 54.3 Å². The molecule has 25 atom stereocenters. The summed E-state index contributed by atoms with van der Waals surface area (Å²) in [7, 11) is 0. The van der Waals surface area contributed by atoms with E-state index in [-0.39, 0.29) is 111 Å². The molecule has 0 radical (unpaired) electrons. The highest BCUT2D eigenvalue weighted by Crippen LogP contribution is 2.76. The molecule has 0 unspecified atom stereocenters. The van der Waals surface area contributed by atoms with Gasteiger partial charge in [-0.15, -0.1) is 0 Å². The van der Waals surface area contributed by atoms with Crippen LogP contribution in [-0.4, -0.2) is 187 Å². The number of rotatable bonds is 12. The Bertz CT molecular complexity index is 3590. The Balaban J connectivity index is 0.000000142. The Hall–Kier alpha value is -4.30. The van der Waals surface area contributed by atoms with Gasteiger partial charge < -0.3 is 58.7 Å². The molecular weight excluding hydrogens is 1300 g/mol. The van der Waals surface area contributed by atoms with E-state index in [0.717, 1.165) is 5.57 Å². The zero-order valence-electron chi connectivity index (χ0n) is 60.9. The maximum absolute atomic E-state index is 17.3. The fraction of sp³-hybridized carbons (Fsp3) is 0.769. The summed E-state index contributed by atoms with van der Waals surface area (Å²) in [6.07, 6.45) is 6.32. The molecule has 2 aliphatic heterocycles. The van der Waals surface area contributed by atoms with Crippen LogP contribution in [0.4, 0.5) is 17.6 Å². The van der Waals surface area contributed by atoms with Crippen LogP contribution in [0.2, 0.25) is 0 Å². The van der Waals surface area contributed by atoms with Crippen molar-refractivity contribution < 1.29 is 105 Å². The summed E-state index contributed by atoms with van der Waals surface area (Å²) < 4.78 is 109. The van der Waals surface area contributed by atoms with Crippen LogP contribution in [0, 0.1) is 68.0 Å². The smallest absolute Gasteiger partial charge is 0.193 e. The first kappa shape index (κ1) is 75.4. The number of hydrogen-bond donors (Lipinski definition) is 5. The molecule has 0 aromatic rings. The Morgan fingerprint density at radius 3 is 1.24 bits per heavy atom. The van der Waals surface area contributed by atoms with Crippen LogP contribution in [0.25, 0.3) is 0 Å². The number of aliphatic hydroxyl groups is 5. The van der Waals surface area contributed by atoms with E-state index in [1.54, 1.807) is 81.4 Å². The average Bonchev–Trinajstić information content (AvgIpc) is 1.45. The summed E-state index contributed by atoms with van der Waals surface area (Å²) in [5.41, 5.74) is -16.4. The SMILES string of the molecule is CC(C)OCC(=O)[C@@]1(O)[C@H](O)C[C@H]2[C@@H]3CCC4=CC(=O)C=C[C@]4(C)[C@@]3(F)[C@@H](O)C[C@@]21C.CC(C)OCC(=O)[C@@]12OC(C)(C)O[C@@H]1C[C@H]1[C@@H]3CCC4=CC(=O)C=C[C@]4(C)[C@@]3(F)[C@@H](O)C[C@@]12C.CC(C)OCC(=O)[C@@]12OC(C)(C)O[C@@H]1C[C@H]1[C@@H]3C[C@H](F)C4=CC(=O)C=C[C@]4(C)[C@@]3(F)[C@@H](O)C[C@@]12C. The molecule has 9 saturated carbocycles. The molecule has 2 heterocycles. The van der Waals surface area contributed by atoms with Gasteiger partial charge in [-0.25, -0.2) is 17.6 Å². The minimum atomic E-state index is -2.21. The molecule has 554 valence electrons. The highest BCUT2D eigenvalue weighted by Gasteiger charge is 2.83. The first-order valence-corrected chi connectivity index (χ1v) is 36.4. The fourth-order valence-corrected chi connectivity index (χ4v) is 23.4. The lowest BCUT2D eigenvalue weighted by molar-refractivity contribution is -0.249. The van der Waals surface area contributed by atoms with Crippen LogP contribution in [0.1, 0.15) is 181 Å². The fourth-order valence-electron chi connectivity index (χ4n) is 23.4. The number of Topliss-reactive ketones (excluding diaryl/α,β-unsaturated/α-hetero) is 3. The van der Waals surface area contributed by atoms with Crippen molar-refractivity contribution in [3.8, 4) is 0 Å². The van der Waals surface area contributed by atoms with Crippen LogP contribution >= 0.6 is 0 Å². The van der Waals surface area contributed by atoms with Crippen molar-refractivity contribution in [1.82, 2.24) is 0 Å². The van der Waals surface area contributed by atoms with Crippen molar-refractivity contribution in [2.24, 2.45) is 68.0 Å². The van der Waals surface area contributed by atoms with Gasteiger partial charge in [0.1, 0.15) is 26.0 Å². The molecule has 0 amide bonds. The van der Waals surface area contributed by atoms with Crippen LogP contribution in [0.3, 0.4) is 0 Å². The largest absolute Gasteiger partial charge is 0.390 e. The molecule has 22 heteroatoms. The topological polar surface area (TPSA) is 268 Å². The molecule has 12 aliphatic carbocycles. The Morgan fingerprint density at radius 1 is 0.480 bits per heavy atom. The van der Waals surface area contributed by atoms with Gasteiger partial charge >= 0.3 is 0 Å². The van der Waals surface area contributed by atoms with E-state index in [1.165, 1.54) is 42.5 Å². The number of hydrogen-bond acceptors (Lipinski definition) is 18. The van der Waals surface area contributed by atoms with Gasteiger partial charge in [-0.2, -0.15) is 0 Å². The van der Waals surface area contributed by atoms with Gasteiger partial charge in [0.2, 0.25) is 0 Å². The zero-order valence-corrected chi connectivity index (χ0v) is 60.9. The molecule has 14 aliphatic rings. The summed E-state index contributed by atoms with van der Waals surface area (Å²) in [6, 6.07) is 0. The number of ketones is 6. The summed E-state index contributed by atoms with van der Waals surface area (Å²) in [4.78, 5) is 76.6. The number of allylic oxidation sites excluding steroid dienone is 12. The molecule has 5 N–H and O–H groups in total. The molecule has 14 rings (SSSR count). The predicted molar refractivity (Wildman–Crippen MR) is 356 cm³/mol. The zero-order chi connectivity index (χ0) is 73.6. The van der Waals surface area contributed by atoms with E-state index in [2.05, 4.69) is 0 Å². The van der Waals surface area contributed by atoms with Crippen LogP contribution in [-0.2, 0) is 61.9 Å². The highest BCUT2D eigenvalue weighted by molar-refractivity contribution is 6.03. The summed E-state index contributed by atoms with van der Waals surface area (Å²) in [6.45, 7) is 27.9. The lowest BCUT2D eigenvalue weighted by atomic mass is 9.44. The lowest BCUT2D eigenvalue weighted by Gasteiger charge is -2.63. The normalized spacial score (nSPS) is 49.1. The summed E-state index contributed by atoms with van der Waals surface area (Å²) in [5, 5.41) is 56.7. The predicted octanol–water partition coefficient (Wildman–Crippen LogP) is 9.70. The number of fused-ring (bicyclic) bond motifs is 19. The third-order valence-electron chi connectivity index (χ3n) is 28.0. The van der Waals surface area contributed by atoms with Crippen molar-refractivity contribution in [3.05, 3.63) is 71.4 Å². The number of halogens is 4. The minimum Gasteiger partial charge on any atom is -0.390 e. The van der Waals surface area contributed by atoms with Crippen molar-refractivity contribution >= 4 is 34.7 Å². The molecular formula is C78H106F4O18. The quantitative estimate of drug-likeness (QED) is 0.114. The van der Waals surface area contributed by atoms with Gasteiger partial charge in [-0.1, -0.05) is 50.1 Å². The van der Waals surface area contributed by atoms with Gasteiger partial charge in [-0.3, -0.25) is 28.8 Å². The Morgan fingerprint density at radius 2 is 0.830 bits per heavy atom. The standard InChI is InChI=1S/C27H36F2O6.C27H37FO6.C24H33FO6/c1-14(2)33-13-21(32)27-22(34-23(3,4)35-27)11-16-17-10-19(28)18-9-15(30)7-8-24(18,5)26(17,29)20(31)12-25(16,27)6;1-15(2)32-14-21(31)27-22(33-23(3,4)34-27)12-19-18-8-7-16-11-17(29)9-10-24(16,5)26(18,28)20(30)13-25(19,27)6;1-13(2)31-12-20(29)24(30)18(27)10-17-16-6-5-14-9-15(26)7-8-21(14,3)23(16,25)19(28)11-22(17,24)4/h7-9,14,16-17,19-20,22,31H,10-13H2,1-6H3;9-11,15,18-20,22,30H,7-8,12-14H2,1-6H3;7-9,13,16-19,27-28,30H,5-6,10-12H2,1-4H3/t16-,17-,19-,20-,22+,24-,25-,26-,27+;18-,19-,20-,22+,24-,25-,26-,27+;16-,17-,18+,19-,21-,22-,23-,24-/m000/s1. The molecule has 100 heavy (non-hydrogen) atoms. The molecule has 11 fully saturated rings. The monoisotopic (exact) mass is 1410 g/mol. The molecule has 0 spiro atoms. The van der Waals surface area contributed by atoms with Crippen molar-refractivity contribution in [2.45, 2.75) is 288 Å². The second-order valence-corrected chi connectivity index (χ2v) is 34.9. The van der Waals surface area contributed by atoms with Gasteiger partial charge in [-0.05, 0) is 220 Å². The number of carbonyl (C=O) groups excluding carboxylic acids is 6. The van der Waals surface area contributed by atoms with Gasteiger partial charge in [0, 0.05) is 50.2 Å². The minimum absolute atomic E-state index is 0.0599. The molecule has 18 nitrogen and oxygen atoms in total. The number of aliphatic hydroxyl groups excluding tert-OH is 4. The Labute approximate surface area is 584 Å². The number of carbonyl (C=O) groups is 6. The first-order chi connectivity index (χ1) is 46.2. The number of alkyl halides is 4. The van der Waals surface area contributed by atoms with Crippen molar-refractivity contribution in [1.29, 1.82) is 0 Å². The van der Waals surface area contributed by atoms with E-state index < -0.39 is 156 Å². The maximum atomic E-state index is 17.3. The second kappa shape index (κ2) is 24.4. The van der Waals surface area contributed by atoms with Crippen LogP contribution in [0.15, 0.2) is 71.4 Å². The third kappa shape index (κ3) is 10.1. The summed E-state index contributed by atoms with van der Waals surface area (Å²) in [5.74, 6) is -7.17. The molecule has 0 bridgehead atoms. The Kier molecular flexibility index (Phi) is 18.4. The van der Waals surface area contributed by atoms with E-state index in [0.29, 0.717) is 44.1 Å². The van der Waals surface area contributed by atoms with Gasteiger partial charge in [0.25, 0.3) is 0 Å². The lowest BCUT2D eigenvalue weighted by Crippen LogP contribution is -2.71. The summed E-state index contributed by atoms with van der Waals surface area (Å²) >= 11 is 0. The van der Waals surface area contributed by atoms with Crippen LogP contribution < -0.4 is 0 Å². The van der Waals surface area contributed by atoms with E-state index in [4.69, 9.17) is 33.2 Å². The van der Waals surface area contributed by atoms with Crippen molar-refractivity contribution in [3.63, 3.8) is 0 Å². The highest BCUT2D eigenvalue weighted by atomic mass is 19.2. The molecule has 0 aromatic carbocycles. The average molecular weight is 1410 g/mol. The maximum Gasteiger partial charge on any atom is 0.193 e. The van der Waals surface area contributed by atoms with Gasteiger partial charge in [0.05, 0.1) is 54.9 Å².